The van der Waals surface area contributed by atoms with Crippen molar-refractivity contribution < 1.29 is 13.9 Å². The number of ether oxygens (including phenoxy) is 1. The highest BCUT2D eigenvalue weighted by Crippen LogP contribution is 2.24. The summed E-state index contributed by atoms with van der Waals surface area (Å²) in [4.78, 5) is 11.5. The molecule has 0 radical (unpaired) electrons. The van der Waals surface area contributed by atoms with E-state index in [0.717, 1.165) is 24.5 Å². The second-order valence-corrected chi connectivity index (χ2v) is 5.55. The first-order valence-corrected chi connectivity index (χ1v) is 6.76. The van der Waals surface area contributed by atoms with Gasteiger partial charge in [0.05, 0.1) is 13.0 Å². The predicted octanol–water partition coefficient (Wildman–Crippen LogP) is 2.65. The Labute approximate surface area is 115 Å². The molecule has 0 amide bonds. The van der Waals surface area contributed by atoms with Gasteiger partial charge in [-0.25, -0.2) is 0 Å². The average molecular weight is 267 g/mol. The maximum Gasteiger partial charge on any atom is 0.309 e. The van der Waals surface area contributed by atoms with Crippen molar-refractivity contribution in [3.63, 3.8) is 0 Å². The molecule has 1 heterocycles. The monoisotopic (exact) mass is 267 g/mol. The van der Waals surface area contributed by atoms with Crippen LogP contribution in [-0.4, -0.2) is 26.2 Å². The van der Waals surface area contributed by atoms with Gasteiger partial charge in [0.25, 0.3) is 0 Å². The van der Waals surface area contributed by atoms with E-state index in [9.17, 15) is 4.79 Å². The van der Waals surface area contributed by atoms with E-state index in [2.05, 4.69) is 19.2 Å². The van der Waals surface area contributed by atoms with Crippen molar-refractivity contribution in [2.75, 3.05) is 20.2 Å². The maximum absolute atomic E-state index is 11.5. The highest BCUT2D eigenvalue weighted by Gasteiger charge is 2.25. The van der Waals surface area contributed by atoms with E-state index in [1.807, 2.05) is 26.0 Å². The number of esters is 1. The Morgan fingerprint density at radius 3 is 2.63 bits per heavy atom. The van der Waals surface area contributed by atoms with Gasteiger partial charge in [-0.05, 0) is 25.5 Å². The van der Waals surface area contributed by atoms with E-state index in [1.165, 1.54) is 7.11 Å². The number of methoxy groups -OCH3 is 1. The Morgan fingerprint density at radius 1 is 1.47 bits per heavy atom. The molecule has 1 N–H and O–H groups in total. The molecule has 0 aromatic carbocycles. The van der Waals surface area contributed by atoms with Crippen LogP contribution in [0.2, 0.25) is 0 Å². The van der Waals surface area contributed by atoms with Crippen LogP contribution in [0.25, 0.3) is 0 Å². The molecule has 4 heteroatoms. The van der Waals surface area contributed by atoms with Crippen molar-refractivity contribution in [1.29, 1.82) is 0 Å². The number of hydrogen-bond acceptors (Lipinski definition) is 4. The summed E-state index contributed by atoms with van der Waals surface area (Å²) in [6.45, 7) is 9.57. The molecule has 1 atom stereocenters. The zero-order valence-corrected chi connectivity index (χ0v) is 12.6. The second kappa shape index (κ2) is 6.75. The van der Waals surface area contributed by atoms with E-state index in [0.29, 0.717) is 6.54 Å². The Morgan fingerprint density at radius 2 is 2.16 bits per heavy atom. The number of carbonyl (C=O) groups is 1. The Bertz CT molecular complexity index is 409. The van der Waals surface area contributed by atoms with Crippen LogP contribution >= 0.6 is 0 Å². The Kier molecular flexibility index (Phi) is 5.60. The maximum atomic E-state index is 11.5. The van der Waals surface area contributed by atoms with Crippen LogP contribution in [0.1, 0.15) is 38.7 Å². The normalized spacial score (nSPS) is 13.3. The Balaban J connectivity index is 2.49. The number of rotatable bonds is 7. The first-order chi connectivity index (χ1) is 8.90. The van der Waals surface area contributed by atoms with Gasteiger partial charge in [0.2, 0.25) is 0 Å². The topological polar surface area (TPSA) is 51.5 Å². The van der Waals surface area contributed by atoms with E-state index in [4.69, 9.17) is 9.15 Å². The molecule has 0 fully saturated rings. The smallest absolute Gasteiger partial charge is 0.309 e. The van der Waals surface area contributed by atoms with Crippen LogP contribution < -0.4 is 5.32 Å². The van der Waals surface area contributed by atoms with Gasteiger partial charge in [-0.1, -0.05) is 20.8 Å². The molecule has 0 aliphatic carbocycles. The lowest BCUT2D eigenvalue weighted by Crippen LogP contribution is -2.37. The van der Waals surface area contributed by atoms with Crippen LogP contribution in [0, 0.1) is 12.8 Å². The van der Waals surface area contributed by atoms with E-state index >= 15 is 0 Å². The summed E-state index contributed by atoms with van der Waals surface area (Å²) in [5.74, 6) is 1.65. The van der Waals surface area contributed by atoms with Crippen molar-refractivity contribution in [1.82, 2.24) is 5.32 Å². The highest BCUT2D eigenvalue weighted by molar-refractivity contribution is 5.72. The number of hydrogen-bond donors (Lipinski definition) is 1. The van der Waals surface area contributed by atoms with Crippen molar-refractivity contribution in [2.24, 2.45) is 5.92 Å². The summed E-state index contributed by atoms with van der Waals surface area (Å²) in [5, 5.41) is 3.34. The van der Waals surface area contributed by atoms with Crippen LogP contribution in [-0.2, 0) is 14.9 Å². The molecule has 0 spiro atoms. The van der Waals surface area contributed by atoms with Gasteiger partial charge in [-0.15, -0.1) is 0 Å². The second-order valence-electron chi connectivity index (χ2n) is 5.55. The first-order valence-electron chi connectivity index (χ1n) is 6.76. The lowest BCUT2D eigenvalue weighted by molar-refractivity contribution is -0.145. The van der Waals surface area contributed by atoms with Crippen LogP contribution in [0.4, 0.5) is 0 Å². The van der Waals surface area contributed by atoms with Crippen molar-refractivity contribution in [2.45, 2.75) is 39.5 Å². The minimum Gasteiger partial charge on any atom is -0.469 e. The summed E-state index contributed by atoms with van der Waals surface area (Å²) >= 11 is 0. The van der Waals surface area contributed by atoms with Crippen molar-refractivity contribution in [3.8, 4) is 0 Å². The van der Waals surface area contributed by atoms with Crippen LogP contribution in [0.5, 0.6) is 0 Å². The zero-order valence-electron chi connectivity index (χ0n) is 12.6. The number of aryl methyl sites for hydroxylation is 1. The van der Waals surface area contributed by atoms with Crippen molar-refractivity contribution in [3.05, 3.63) is 23.7 Å². The molecule has 0 saturated carbocycles. The van der Waals surface area contributed by atoms with Gasteiger partial charge >= 0.3 is 5.97 Å². The summed E-state index contributed by atoms with van der Waals surface area (Å²) < 4.78 is 10.4. The summed E-state index contributed by atoms with van der Waals surface area (Å²) in [7, 11) is 1.43. The SMILES string of the molecule is CCC(CNCC(C)(C)c1ccc(C)o1)C(=O)OC. The van der Waals surface area contributed by atoms with Gasteiger partial charge in [-0.3, -0.25) is 4.79 Å². The van der Waals surface area contributed by atoms with Gasteiger partial charge in [0, 0.05) is 18.5 Å². The Hall–Kier alpha value is -1.29. The third-order valence-corrected chi connectivity index (χ3v) is 3.39. The molecule has 4 nitrogen and oxygen atoms in total. The molecule has 0 aliphatic rings. The van der Waals surface area contributed by atoms with Gasteiger partial charge in [0.15, 0.2) is 0 Å². The lowest BCUT2D eigenvalue weighted by atomic mass is 9.90. The molecule has 0 bridgehead atoms. The fourth-order valence-electron chi connectivity index (χ4n) is 2.01. The largest absolute Gasteiger partial charge is 0.469 e. The standard InChI is InChI=1S/C15H25NO3/c1-6-12(14(17)18-5)9-16-10-15(3,4)13-8-7-11(2)19-13/h7-8,12,16H,6,9-10H2,1-5H3. The highest BCUT2D eigenvalue weighted by atomic mass is 16.5. The number of furan rings is 1. The van der Waals surface area contributed by atoms with Crippen LogP contribution in [0.3, 0.4) is 0 Å². The molecule has 0 aliphatic heterocycles. The third-order valence-electron chi connectivity index (χ3n) is 3.39. The molecule has 19 heavy (non-hydrogen) atoms. The quantitative estimate of drug-likeness (QED) is 0.772. The molecule has 1 aromatic rings. The summed E-state index contributed by atoms with van der Waals surface area (Å²) in [5.41, 5.74) is -0.0946. The fourth-order valence-corrected chi connectivity index (χ4v) is 2.01. The molecule has 1 rings (SSSR count). The average Bonchev–Trinajstić information content (AvgIpc) is 2.81. The molecular weight excluding hydrogens is 242 g/mol. The van der Waals surface area contributed by atoms with E-state index in [1.54, 1.807) is 0 Å². The van der Waals surface area contributed by atoms with Gasteiger partial charge < -0.3 is 14.5 Å². The molecular formula is C15H25NO3. The van der Waals surface area contributed by atoms with E-state index in [-0.39, 0.29) is 17.3 Å². The summed E-state index contributed by atoms with van der Waals surface area (Å²) in [6, 6.07) is 3.98. The molecule has 1 unspecified atom stereocenters. The van der Waals surface area contributed by atoms with Crippen molar-refractivity contribution >= 4 is 5.97 Å². The predicted molar refractivity (Wildman–Crippen MR) is 75.1 cm³/mol. The zero-order chi connectivity index (χ0) is 14.5. The summed E-state index contributed by atoms with van der Waals surface area (Å²) in [6.07, 6.45) is 0.778. The van der Waals surface area contributed by atoms with E-state index < -0.39 is 0 Å². The minimum absolute atomic E-state index is 0.0841. The third kappa shape index (κ3) is 4.39. The number of carbonyl (C=O) groups excluding carboxylic acids is 1. The minimum atomic E-state index is -0.151. The van der Waals surface area contributed by atoms with Crippen LogP contribution in [0.15, 0.2) is 16.5 Å². The lowest BCUT2D eigenvalue weighted by Gasteiger charge is -2.24. The number of nitrogens with one attached hydrogen (secondary N) is 1. The molecule has 1 aromatic heterocycles. The van der Waals surface area contributed by atoms with Gasteiger partial charge in [-0.2, -0.15) is 0 Å². The molecule has 108 valence electrons. The molecule has 0 saturated heterocycles. The van der Waals surface area contributed by atoms with Gasteiger partial charge in [0.1, 0.15) is 11.5 Å². The first kappa shape index (κ1) is 15.8. The fraction of sp³-hybridized carbons (Fsp3) is 0.667.